The molecule has 1 aromatic carbocycles. The van der Waals surface area contributed by atoms with E-state index in [1.54, 1.807) is 18.5 Å². The number of benzene rings is 1. The van der Waals surface area contributed by atoms with Gasteiger partial charge in [-0.15, -0.1) is 0 Å². The summed E-state index contributed by atoms with van der Waals surface area (Å²) in [6.45, 7) is 2.34. The molecule has 2 rings (SSSR count). The lowest BCUT2D eigenvalue weighted by Gasteiger charge is -2.16. The number of aldehydes is 1. The minimum atomic E-state index is -2.28. The summed E-state index contributed by atoms with van der Waals surface area (Å²) < 4.78 is 24.6. The second-order valence-corrected chi connectivity index (χ2v) is 5.68. The van der Waals surface area contributed by atoms with Gasteiger partial charge in [0.05, 0.1) is 18.3 Å². The van der Waals surface area contributed by atoms with Gasteiger partial charge in [0.15, 0.2) is 6.29 Å². The van der Waals surface area contributed by atoms with E-state index >= 15 is 0 Å². The smallest absolute Gasteiger partial charge is 0.239 e. The summed E-state index contributed by atoms with van der Waals surface area (Å²) in [5.41, 5.74) is 9.86. The number of allylic oxidation sites excluding steroid dienone is 1. The lowest BCUT2D eigenvalue weighted by molar-refractivity contribution is -0.105. The quantitative estimate of drug-likeness (QED) is 0.595. The molecule has 0 fully saturated rings. The molecule has 1 aliphatic rings. The first-order valence-corrected chi connectivity index (χ1v) is 7.75. The Bertz CT molecular complexity index is 681. The SMILES string of the molecule is Cc1cc(CN=CC2=C(C=O)NC=CC2N)ccc1CCC(F)F. The van der Waals surface area contributed by atoms with Crippen LogP contribution in [0.5, 0.6) is 0 Å². The van der Waals surface area contributed by atoms with E-state index < -0.39 is 6.43 Å². The zero-order chi connectivity index (χ0) is 17.5. The number of nitrogens with zero attached hydrogens (tertiary/aromatic N) is 1. The van der Waals surface area contributed by atoms with Crippen LogP contribution in [0.3, 0.4) is 0 Å². The first-order valence-electron chi connectivity index (χ1n) is 7.75. The molecule has 3 N–H and O–H groups in total. The monoisotopic (exact) mass is 333 g/mol. The van der Waals surface area contributed by atoms with Crippen LogP contribution in [0, 0.1) is 6.92 Å². The van der Waals surface area contributed by atoms with Crippen molar-refractivity contribution in [1.29, 1.82) is 0 Å². The first-order chi connectivity index (χ1) is 11.5. The van der Waals surface area contributed by atoms with E-state index in [2.05, 4.69) is 10.3 Å². The van der Waals surface area contributed by atoms with Crippen molar-refractivity contribution in [3.8, 4) is 0 Å². The molecule has 0 amide bonds. The zero-order valence-electron chi connectivity index (χ0n) is 13.5. The van der Waals surface area contributed by atoms with Crippen molar-refractivity contribution in [2.45, 2.75) is 38.8 Å². The van der Waals surface area contributed by atoms with Crippen molar-refractivity contribution in [2.24, 2.45) is 10.7 Å². The van der Waals surface area contributed by atoms with Crippen LogP contribution in [0.1, 0.15) is 23.1 Å². The van der Waals surface area contributed by atoms with Crippen LogP contribution in [0.25, 0.3) is 0 Å². The third-order valence-corrected chi connectivity index (χ3v) is 3.87. The molecule has 1 aromatic rings. The van der Waals surface area contributed by atoms with Crippen molar-refractivity contribution in [3.05, 3.63) is 58.4 Å². The lowest BCUT2D eigenvalue weighted by atomic mass is 10.0. The molecule has 0 bridgehead atoms. The highest BCUT2D eigenvalue weighted by molar-refractivity contribution is 5.91. The third-order valence-electron chi connectivity index (χ3n) is 3.87. The molecule has 0 aromatic heterocycles. The van der Waals surface area contributed by atoms with E-state index in [0.717, 1.165) is 16.7 Å². The van der Waals surface area contributed by atoms with E-state index in [4.69, 9.17) is 5.73 Å². The van der Waals surface area contributed by atoms with Gasteiger partial charge >= 0.3 is 0 Å². The van der Waals surface area contributed by atoms with Crippen LogP contribution in [0.2, 0.25) is 0 Å². The Balaban J connectivity index is 2.02. The predicted molar refractivity (Wildman–Crippen MR) is 91.0 cm³/mol. The number of carbonyl (C=O) groups is 1. The molecule has 24 heavy (non-hydrogen) atoms. The summed E-state index contributed by atoms with van der Waals surface area (Å²) >= 11 is 0. The fourth-order valence-corrected chi connectivity index (χ4v) is 2.52. The standard InChI is InChI=1S/C18H21F2N3O/c1-12-8-13(2-3-14(12)4-5-18(19)20)9-22-10-15-16(21)6-7-23-17(15)11-24/h2-3,6-8,10-11,16,18,23H,4-5,9,21H2,1H3. The number of halogens is 2. The molecule has 4 nitrogen and oxygen atoms in total. The Kier molecular flexibility index (Phi) is 6.37. The Labute approximate surface area is 140 Å². The number of aryl methyl sites for hydroxylation is 2. The second-order valence-electron chi connectivity index (χ2n) is 5.68. The number of dihydropyridines is 1. The summed E-state index contributed by atoms with van der Waals surface area (Å²) in [5, 5.41) is 2.84. The first kappa shape index (κ1) is 18.0. The van der Waals surface area contributed by atoms with Crippen molar-refractivity contribution >= 4 is 12.5 Å². The fourth-order valence-electron chi connectivity index (χ4n) is 2.52. The third kappa shape index (κ3) is 4.83. The van der Waals surface area contributed by atoms with Gasteiger partial charge in [0.1, 0.15) is 0 Å². The van der Waals surface area contributed by atoms with Gasteiger partial charge in [-0.1, -0.05) is 18.2 Å². The average molecular weight is 333 g/mol. The molecule has 6 heteroatoms. The summed E-state index contributed by atoms with van der Waals surface area (Å²) in [5.74, 6) is 0. The number of rotatable bonds is 7. The molecule has 0 aliphatic carbocycles. The van der Waals surface area contributed by atoms with Gasteiger partial charge in [0.2, 0.25) is 6.43 Å². The van der Waals surface area contributed by atoms with Crippen molar-refractivity contribution in [3.63, 3.8) is 0 Å². The van der Waals surface area contributed by atoms with Crippen LogP contribution >= 0.6 is 0 Å². The molecule has 1 heterocycles. The highest BCUT2D eigenvalue weighted by Gasteiger charge is 2.13. The predicted octanol–water partition coefficient (Wildman–Crippen LogP) is 2.66. The number of hydrogen-bond acceptors (Lipinski definition) is 4. The summed E-state index contributed by atoms with van der Waals surface area (Å²) in [6, 6.07) is 5.34. The Morgan fingerprint density at radius 1 is 1.42 bits per heavy atom. The summed E-state index contributed by atoms with van der Waals surface area (Å²) in [4.78, 5) is 15.4. The van der Waals surface area contributed by atoms with E-state index in [9.17, 15) is 13.6 Å². The molecule has 1 unspecified atom stereocenters. The Morgan fingerprint density at radius 2 is 2.21 bits per heavy atom. The summed E-state index contributed by atoms with van der Waals surface area (Å²) in [7, 11) is 0. The fraction of sp³-hybridized carbons (Fsp3) is 0.333. The molecule has 128 valence electrons. The number of hydrogen-bond donors (Lipinski definition) is 2. The molecule has 0 radical (unpaired) electrons. The molecule has 1 atom stereocenters. The van der Waals surface area contributed by atoms with Gasteiger partial charge in [-0.2, -0.15) is 0 Å². The molecular formula is C18H21F2N3O. The number of nitrogens with one attached hydrogen (secondary N) is 1. The summed E-state index contributed by atoms with van der Waals surface area (Å²) in [6.07, 6.45) is 3.66. The minimum Gasteiger partial charge on any atom is -0.359 e. The number of aliphatic imine (C=N–C) groups is 1. The van der Waals surface area contributed by atoms with Crippen molar-refractivity contribution < 1.29 is 13.6 Å². The number of carbonyl (C=O) groups excluding carboxylic acids is 1. The molecule has 0 spiro atoms. The highest BCUT2D eigenvalue weighted by atomic mass is 19.3. The van der Waals surface area contributed by atoms with E-state index in [0.29, 0.717) is 30.5 Å². The largest absolute Gasteiger partial charge is 0.359 e. The molecule has 1 aliphatic heterocycles. The lowest BCUT2D eigenvalue weighted by Crippen LogP contribution is -2.30. The Morgan fingerprint density at radius 3 is 2.88 bits per heavy atom. The van der Waals surface area contributed by atoms with Crippen LogP contribution < -0.4 is 11.1 Å². The maximum absolute atomic E-state index is 12.3. The van der Waals surface area contributed by atoms with E-state index in [-0.39, 0.29) is 12.5 Å². The van der Waals surface area contributed by atoms with Gasteiger partial charge < -0.3 is 11.1 Å². The van der Waals surface area contributed by atoms with Crippen LogP contribution in [0.4, 0.5) is 8.78 Å². The van der Waals surface area contributed by atoms with Crippen LogP contribution in [-0.4, -0.2) is 25.0 Å². The maximum Gasteiger partial charge on any atom is 0.239 e. The van der Waals surface area contributed by atoms with E-state index in [1.807, 2.05) is 25.1 Å². The van der Waals surface area contributed by atoms with Gasteiger partial charge in [-0.25, -0.2) is 8.78 Å². The van der Waals surface area contributed by atoms with Crippen molar-refractivity contribution in [1.82, 2.24) is 5.32 Å². The normalized spacial score (nSPS) is 17.6. The zero-order valence-corrected chi connectivity index (χ0v) is 13.5. The second kappa shape index (κ2) is 8.49. The topological polar surface area (TPSA) is 67.5 Å². The molecule has 0 saturated heterocycles. The number of alkyl halides is 2. The van der Waals surface area contributed by atoms with Gasteiger partial charge in [-0.3, -0.25) is 9.79 Å². The highest BCUT2D eigenvalue weighted by Crippen LogP contribution is 2.16. The average Bonchev–Trinajstić information content (AvgIpc) is 2.55. The van der Waals surface area contributed by atoms with Crippen molar-refractivity contribution in [2.75, 3.05) is 0 Å². The van der Waals surface area contributed by atoms with Gasteiger partial charge in [0.25, 0.3) is 0 Å². The molecular weight excluding hydrogens is 312 g/mol. The van der Waals surface area contributed by atoms with Gasteiger partial charge in [0, 0.05) is 18.2 Å². The van der Waals surface area contributed by atoms with Gasteiger partial charge in [-0.05, 0) is 42.3 Å². The van der Waals surface area contributed by atoms with Crippen LogP contribution in [-0.2, 0) is 17.8 Å². The maximum atomic E-state index is 12.3. The minimum absolute atomic E-state index is 0.126. The Hall–Kier alpha value is -2.34. The van der Waals surface area contributed by atoms with Crippen LogP contribution in [0.15, 0.2) is 46.7 Å². The van der Waals surface area contributed by atoms with E-state index in [1.165, 1.54) is 0 Å². The molecule has 0 saturated carbocycles. The number of nitrogens with two attached hydrogens (primary N) is 1.